The molecule has 0 atom stereocenters. The first-order valence-corrected chi connectivity index (χ1v) is 13.6. The molecule has 5 nitrogen and oxygen atoms in total. The Balaban J connectivity index is 1.57. The third-order valence-corrected chi connectivity index (χ3v) is 8.89. The van der Waals surface area contributed by atoms with Crippen LogP contribution in [-0.4, -0.2) is 35.0 Å². The zero-order chi connectivity index (χ0) is 26.1. The minimum absolute atomic E-state index is 0.00573. The number of carbonyl (C=O) groups excluding carboxylic acids is 1. The number of thiophene rings is 1. The van der Waals surface area contributed by atoms with Gasteiger partial charge in [-0.15, -0.1) is 11.3 Å². The molecule has 1 amide bonds. The number of halogens is 2. The first-order valence-electron chi connectivity index (χ1n) is 12.4. The van der Waals surface area contributed by atoms with E-state index in [0.29, 0.717) is 32.3 Å². The lowest BCUT2D eigenvalue weighted by atomic mass is 9.90. The summed E-state index contributed by atoms with van der Waals surface area (Å²) in [6.07, 6.45) is 6.80. The van der Waals surface area contributed by atoms with E-state index in [-0.39, 0.29) is 23.8 Å². The minimum Gasteiger partial charge on any atom is -0.496 e. The number of nitrogens with zero attached hydrogens (tertiary/aromatic N) is 2. The van der Waals surface area contributed by atoms with Crippen molar-refractivity contribution < 1.29 is 13.9 Å². The van der Waals surface area contributed by atoms with Gasteiger partial charge in [-0.05, 0) is 79.6 Å². The van der Waals surface area contributed by atoms with E-state index in [1.807, 2.05) is 36.1 Å². The minimum atomic E-state index is -0.367. The number of amides is 1. The Morgan fingerprint density at radius 1 is 1.14 bits per heavy atom. The fraction of sp³-hybridized carbons (Fsp3) is 0.310. The predicted molar refractivity (Wildman–Crippen MR) is 148 cm³/mol. The van der Waals surface area contributed by atoms with Crippen molar-refractivity contribution in [2.45, 2.75) is 51.2 Å². The molecular weight excluding hydrogens is 509 g/mol. The molecule has 37 heavy (non-hydrogen) atoms. The molecule has 2 N–H and O–H groups in total. The Kier molecular flexibility index (Phi) is 7.47. The molecule has 1 aliphatic carbocycles. The van der Waals surface area contributed by atoms with Gasteiger partial charge in [-0.2, -0.15) is 0 Å². The van der Waals surface area contributed by atoms with E-state index in [9.17, 15) is 9.18 Å². The molecule has 0 unspecified atom stereocenters. The summed E-state index contributed by atoms with van der Waals surface area (Å²) in [5.41, 5.74) is 9.96. The molecule has 4 aromatic rings. The maximum absolute atomic E-state index is 14.7. The van der Waals surface area contributed by atoms with Crippen LogP contribution >= 0.6 is 22.9 Å². The van der Waals surface area contributed by atoms with E-state index in [4.69, 9.17) is 22.1 Å². The van der Waals surface area contributed by atoms with E-state index in [2.05, 4.69) is 11.1 Å². The smallest absolute Gasteiger partial charge is 0.266 e. The zero-order valence-corrected chi connectivity index (χ0v) is 22.4. The molecule has 0 bridgehead atoms. The number of pyridine rings is 1. The maximum atomic E-state index is 14.7. The van der Waals surface area contributed by atoms with Crippen LogP contribution in [0.4, 0.5) is 4.39 Å². The molecule has 0 spiro atoms. The van der Waals surface area contributed by atoms with Crippen LogP contribution in [0.1, 0.15) is 46.5 Å². The zero-order valence-electron chi connectivity index (χ0n) is 20.8. The van der Waals surface area contributed by atoms with Crippen molar-refractivity contribution in [1.29, 1.82) is 0 Å². The summed E-state index contributed by atoms with van der Waals surface area (Å²) in [6.45, 7) is 2.22. The number of fused-ring (bicyclic) bond motifs is 1. The predicted octanol–water partition coefficient (Wildman–Crippen LogP) is 6.99. The molecular formula is C29H29ClFN3O2S. The van der Waals surface area contributed by atoms with Gasteiger partial charge >= 0.3 is 0 Å². The van der Waals surface area contributed by atoms with Crippen LogP contribution in [0, 0.1) is 12.7 Å². The number of nitrogens with two attached hydrogens (primary N) is 1. The Labute approximate surface area is 225 Å². The van der Waals surface area contributed by atoms with E-state index >= 15 is 0 Å². The summed E-state index contributed by atoms with van der Waals surface area (Å²) in [5, 5.41) is 0.926. The van der Waals surface area contributed by atoms with E-state index in [1.54, 1.807) is 25.6 Å². The molecule has 2 heterocycles. The summed E-state index contributed by atoms with van der Waals surface area (Å²) >= 11 is 7.87. The van der Waals surface area contributed by atoms with Crippen LogP contribution in [0.3, 0.4) is 0 Å². The Morgan fingerprint density at radius 2 is 1.86 bits per heavy atom. The van der Waals surface area contributed by atoms with Crippen molar-refractivity contribution in [2.24, 2.45) is 5.73 Å². The number of benzene rings is 2. The standard InChI is InChI=1S/C29H29ClFN3O2S/c1-17-3-9-23(31)27-25(17)26(30)28(37-27)29(35)34(22-7-5-21(32)6-8-22)16-20-15-19(4-10-24(20)36-2)18-11-13-33-14-12-18/h3-4,9-15,21-22H,5-8,16,32H2,1-2H3/t21-,22-. The van der Waals surface area contributed by atoms with Gasteiger partial charge in [0, 0.05) is 42.0 Å². The molecule has 5 rings (SSSR count). The van der Waals surface area contributed by atoms with Crippen molar-refractivity contribution in [3.63, 3.8) is 0 Å². The Hall–Kier alpha value is -3.00. The number of rotatable bonds is 6. The molecule has 1 fully saturated rings. The van der Waals surface area contributed by atoms with Crippen LogP contribution < -0.4 is 10.5 Å². The Bertz CT molecular complexity index is 1430. The number of aryl methyl sites for hydroxylation is 1. The van der Waals surface area contributed by atoms with Crippen molar-refractivity contribution in [3.05, 3.63) is 81.7 Å². The molecule has 0 saturated heterocycles. The highest BCUT2D eigenvalue weighted by Gasteiger charge is 2.32. The fourth-order valence-corrected chi connectivity index (χ4v) is 6.77. The van der Waals surface area contributed by atoms with Gasteiger partial charge in [0.05, 0.1) is 16.8 Å². The van der Waals surface area contributed by atoms with Gasteiger partial charge in [-0.3, -0.25) is 9.78 Å². The van der Waals surface area contributed by atoms with Gasteiger partial charge in [0.1, 0.15) is 16.4 Å². The van der Waals surface area contributed by atoms with Crippen molar-refractivity contribution >= 4 is 38.9 Å². The first-order chi connectivity index (χ1) is 17.9. The maximum Gasteiger partial charge on any atom is 0.266 e. The number of methoxy groups -OCH3 is 1. The summed E-state index contributed by atoms with van der Waals surface area (Å²) in [6, 6.07) is 13.1. The molecule has 1 aliphatic rings. The average molecular weight is 538 g/mol. The van der Waals surface area contributed by atoms with Gasteiger partial charge in [-0.1, -0.05) is 23.7 Å². The van der Waals surface area contributed by atoms with E-state index < -0.39 is 0 Å². The van der Waals surface area contributed by atoms with Crippen LogP contribution in [-0.2, 0) is 6.54 Å². The van der Waals surface area contributed by atoms with Crippen molar-refractivity contribution in [3.8, 4) is 16.9 Å². The summed E-state index contributed by atoms with van der Waals surface area (Å²) in [7, 11) is 1.63. The van der Waals surface area contributed by atoms with Crippen molar-refractivity contribution in [1.82, 2.24) is 9.88 Å². The number of ether oxygens (including phenoxy) is 1. The highest BCUT2D eigenvalue weighted by Crippen LogP contribution is 2.41. The molecule has 2 aromatic carbocycles. The second-order valence-electron chi connectivity index (χ2n) is 9.58. The van der Waals surface area contributed by atoms with Crippen molar-refractivity contribution in [2.75, 3.05) is 7.11 Å². The number of carbonyl (C=O) groups is 1. The monoisotopic (exact) mass is 537 g/mol. The summed E-state index contributed by atoms with van der Waals surface area (Å²) < 4.78 is 20.8. The van der Waals surface area contributed by atoms with Crippen LogP contribution in [0.2, 0.25) is 5.02 Å². The van der Waals surface area contributed by atoms with Gasteiger partial charge in [0.15, 0.2) is 0 Å². The quantitative estimate of drug-likeness (QED) is 0.288. The first kappa shape index (κ1) is 25.6. The average Bonchev–Trinajstić information content (AvgIpc) is 3.28. The second-order valence-corrected chi connectivity index (χ2v) is 11.0. The normalized spacial score (nSPS) is 17.6. The summed E-state index contributed by atoms with van der Waals surface area (Å²) in [5.74, 6) is 0.141. The summed E-state index contributed by atoms with van der Waals surface area (Å²) in [4.78, 5) is 20.5. The lowest BCUT2D eigenvalue weighted by Crippen LogP contribution is -2.43. The highest BCUT2D eigenvalue weighted by molar-refractivity contribution is 7.21. The number of hydrogen-bond acceptors (Lipinski definition) is 5. The van der Waals surface area contributed by atoms with Gasteiger partial charge < -0.3 is 15.4 Å². The SMILES string of the molecule is COc1ccc(-c2ccncc2)cc1CN(C(=O)c1sc2c(F)ccc(C)c2c1Cl)[C@H]1CC[C@H](N)CC1. The Morgan fingerprint density at radius 3 is 2.54 bits per heavy atom. The molecule has 1 saturated carbocycles. The van der Waals surface area contributed by atoms with Crippen LogP contribution in [0.25, 0.3) is 21.2 Å². The molecule has 2 aromatic heterocycles. The highest BCUT2D eigenvalue weighted by atomic mass is 35.5. The molecule has 0 aliphatic heterocycles. The third kappa shape index (κ3) is 5.08. The van der Waals surface area contributed by atoms with Crippen LogP contribution in [0.15, 0.2) is 54.9 Å². The lowest BCUT2D eigenvalue weighted by molar-refractivity contribution is 0.0610. The van der Waals surface area contributed by atoms with E-state index in [0.717, 1.165) is 59.3 Å². The lowest BCUT2D eigenvalue weighted by Gasteiger charge is -2.36. The van der Waals surface area contributed by atoms with Crippen LogP contribution in [0.5, 0.6) is 5.75 Å². The molecule has 0 radical (unpaired) electrons. The second kappa shape index (κ2) is 10.8. The fourth-order valence-electron chi connectivity index (χ4n) is 5.15. The third-order valence-electron chi connectivity index (χ3n) is 7.21. The number of hydrogen-bond donors (Lipinski definition) is 1. The molecule has 8 heteroatoms. The largest absolute Gasteiger partial charge is 0.496 e. The van der Waals surface area contributed by atoms with E-state index in [1.165, 1.54) is 6.07 Å². The topological polar surface area (TPSA) is 68.5 Å². The number of aromatic nitrogens is 1. The van der Waals surface area contributed by atoms with Gasteiger partial charge in [0.2, 0.25) is 0 Å². The van der Waals surface area contributed by atoms with Gasteiger partial charge in [-0.25, -0.2) is 4.39 Å². The molecule has 192 valence electrons. The van der Waals surface area contributed by atoms with Gasteiger partial charge in [0.25, 0.3) is 5.91 Å².